The Bertz CT molecular complexity index is 531. The maximum absolute atomic E-state index is 11.8. The summed E-state index contributed by atoms with van der Waals surface area (Å²) in [6.45, 7) is -0.473. The molecule has 0 atom stereocenters. The van der Waals surface area contributed by atoms with Gasteiger partial charge >= 0.3 is 0 Å². The summed E-state index contributed by atoms with van der Waals surface area (Å²) in [5, 5.41) is 3.80. The molecule has 1 aromatic carbocycles. The van der Waals surface area contributed by atoms with Crippen molar-refractivity contribution in [3.63, 3.8) is 0 Å². The molecule has 1 heterocycles. The van der Waals surface area contributed by atoms with Gasteiger partial charge in [0.25, 0.3) is 6.43 Å². The second-order valence-electron chi connectivity index (χ2n) is 3.85. The van der Waals surface area contributed by atoms with Gasteiger partial charge in [0.2, 0.25) is 11.7 Å². The van der Waals surface area contributed by atoms with Crippen LogP contribution in [0.3, 0.4) is 0 Å². The lowest BCUT2D eigenvalue weighted by molar-refractivity contribution is 0.0171. The third kappa shape index (κ3) is 3.99. The summed E-state index contributed by atoms with van der Waals surface area (Å²) in [5.41, 5.74) is 6.99. The minimum atomic E-state index is -2.47. The molecule has 0 spiro atoms. The van der Waals surface area contributed by atoms with Crippen LogP contribution in [0.25, 0.3) is 11.4 Å². The first-order valence-electron chi connectivity index (χ1n) is 5.69. The predicted molar refractivity (Wildman–Crippen MR) is 64.7 cm³/mol. The molecule has 2 aromatic rings. The summed E-state index contributed by atoms with van der Waals surface area (Å²) < 4.78 is 33.4. The number of hydrogen-bond acceptors (Lipinski definition) is 5. The van der Waals surface area contributed by atoms with Crippen LogP contribution in [0.5, 0.6) is 0 Å². The van der Waals surface area contributed by atoms with Gasteiger partial charge in [0, 0.05) is 11.3 Å². The molecule has 2 N–H and O–H groups in total. The quantitative estimate of drug-likeness (QED) is 0.642. The Kier molecular flexibility index (Phi) is 4.40. The van der Waals surface area contributed by atoms with E-state index in [1.807, 2.05) is 0 Å². The van der Waals surface area contributed by atoms with Crippen LogP contribution in [-0.2, 0) is 11.2 Å². The van der Waals surface area contributed by atoms with E-state index < -0.39 is 13.0 Å². The third-order valence-corrected chi connectivity index (χ3v) is 2.32. The van der Waals surface area contributed by atoms with E-state index in [0.29, 0.717) is 23.8 Å². The molecule has 0 fully saturated rings. The van der Waals surface area contributed by atoms with Crippen LogP contribution in [0, 0.1) is 0 Å². The first-order valence-corrected chi connectivity index (χ1v) is 5.69. The van der Waals surface area contributed by atoms with E-state index in [4.69, 9.17) is 15.0 Å². The molecule has 5 nitrogen and oxygen atoms in total. The first-order chi connectivity index (χ1) is 9.15. The number of nitrogen functional groups attached to an aromatic ring is 1. The smallest absolute Gasteiger partial charge is 0.261 e. The summed E-state index contributed by atoms with van der Waals surface area (Å²) >= 11 is 0. The van der Waals surface area contributed by atoms with Crippen molar-refractivity contribution in [2.45, 2.75) is 12.8 Å². The fourth-order valence-corrected chi connectivity index (χ4v) is 1.48. The lowest BCUT2D eigenvalue weighted by Gasteiger charge is -1.99. The van der Waals surface area contributed by atoms with Crippen LogP contribution in [0.4, 0.5) is 14.5 Å². The fraction of sp³-hybridized carbons (Fsp3) is 0.333. The van der Waals surface area contributed by atoms with E-state index >= 15 is 0 Å². The molecule has 0 saturated heterocycles. The van der Waals surface area contributed by atoms with E-state index in [-0.39, 0.29) is 6.61 Å². The highest BCUT2D eigenvalue weighted by Crippen LogP contribution is 2.18. The Morgan fingerprint density at radius 3 is 2.95 bits per heavy atom. The van der Waals surface area contributed by atoms with Crippen molar-refractivity contribution in [3.8, 4) is 11.4 Å². The standard InChI is InChI=1S/C12H13F2N3O2/c13-10(14)7-18-5-4-11-16-12(17-19-11)8-2-1-3-9(15)6-8/h1-3,6,10H,4-5,7,15H2. The van der Waals surface area contributed by atoms with E-state index in [1.165, 1.54) is 0 Å². The average molecular weight is 269 g/mol. The van der Waals surface area contributed by atoms with Crippen LogP contribution >= 0.6 is 0 Å². The predicted octanol–water partition coefficient (Wildman–Crippen LogP) is 2.14. The number of aromatic nitrogens is 2. The molecule has 0 radical (unpaired) electrons. The summed E-state index contributed by atoms with van der Waals surface area (Å²) in [4.78, 5) is 4.14. The largest absolute Gasteiger partial charge is 0.399 e. The van der Waals surface area contributed by atoms with Crippen molar-refractivity contribution in [1.82, 2.24) is 10.1 Å². The second-order valence-corrected chi connectivity index (χ2v) is 3.85. The number of nitrogens with zero attached hydrogens (tertiary/aromatic N) is 2. The van der Waals surface area contributed by atoms with E-state index in [2.05, 4.69) is 10.1 Å². The number of alkyl halides is 2. The highest BCUT2D eigenvalue weighted by Gasteiger charge is 2.09. The number of anilines is 1. The van der Waals surface area contributed by atoms with Gasteiger partial charge in [-0.05, 0) is 12.1 Å². The number of nitrogens with two attached hydrogens (primary N) is 1. The van der Waals surface area contributed by atoms with Crippen LogP contribution < -0.4 is 5.73 Å². The molecular weight excluding hydrogens is 256 g/mol. The summed E-state index contributed by atoms with van der Waals surface area (Å²) in [7, 11) is 0. The highest BCUT2D eigenvalue weighted by molar-refractivity contribution is 5.60. The Balaban J connectivity index is 1.92. The minimum Gasteiger partial charge on any atom is -0.399 e. The number of hydrogen-bond donors (Lipinski definition) is 1. The normalized spacial score (nSPS) is 11.1. The van der Waals surface area contributed by atoms with Gasteiger partial charge in [-0.25, -0.2) is 8.78 Å². The van der Waals surface area contributed by atoms with Crippen LogP contribution in [0.1, 0.15) is 5.89 Å². The van der Waals surface area contributed by atoms with Crippen molar-refractivity contribution in [3.05, 3.63) is 30.2 Å². The van der Waals surface area contributed by atoms with Crippen LogP contribution in [-0.4, -0.2) is 29.8 Å². The Morgan fingerprint density at radius 1 is 1.37 bits per heavy atom. The number of ether oxygens (including phenoxy) is 1. The lowest BCUT2D eigenvalue weighted by Crippen LogP contribution is -2.07. The molecule has 2 rings (SSSR count). The zero-order valence-corrected chi connectivity index (χ0v) is 10.1. The molecule has 19 heavy (non-hydrogen) atoms. The Labute approximate surface area is 108 Å². The van der Waals surface area contributed by atoms with E-state index in [9.17, 15) is 8.78 Å². The van der Waals surface area contributed by atoms with Crippen molar-refractivity contribution < 1.29 is 18.0 Å². The minimum absolute atomic E-state index is 0.114. The zero-order chi connectivity index (χ0) is 13.7. The molecule has 1 aromatic heterocycles. The van der Waals surface area contributed by atoms with Gasteiger partial charge in [-0.2, -0.15) is 4.98 Å². The van der Waals surface area contributed by atoms with Crippen molar-refractivity contribution in [2.24, 2.45) is 0 Å². The third-order valence-electron chi connectivity index (χ3n) is 2.32. The monoisotopic (exact) mass is 269 g/mol. The first kappa shape index (κ1) is 13.4. The van der Waals surface area contributed by atoms with Gasteiger partial charge in [0.1, 0.15) is 6.61 Å². The average Bonchev–Trinajstić information content (AvgIpc) is 2.83. The van der Waals surface area contributed by atoms with Crippen LogP contribution in [0.2, 0.25) is 0 Å². The fourth-order valence-electron chi connectivity index (χ4n) is 1.48. The maximum atomic E-state index is 11.8. The second kappa shape index (κ2) is 6.24. The summed E-state index contributed by atoms with van der Waals surface area (Å²) in [6.07, 6.45) is -2.17. The van der Waals surface area contributed by atoms with E-state index in [1.54, 1.807) is 24.3 Å². The molecule has 0 aliphatic heterocycles. The topological polar surface area (TPSA) is 74.2 Å². The van der Waals surface area contributed by atoms with Gasteiger partial charge < -0.3 is 15.0 Å². The SMILES string of the molecule is Nc1cccc(-c2noc(CCOCC(F)F)n2)c1. The molecule has 102 valence electrons. The lowest BCUT2D eigenvalue weighted by atomic mass is 10.2. The molecule has 7 heteroatoms. The molecule has 0 unspecified atom stereocenters. The number of benzene rings is 1. The van der Waals surface area contributed by atoms with Gasteiger partial charge in [-0.1, -0.05) is 17.3 Å². The molecule has 0 aliphatic rings. The number of rotatable bonds is 6. The summed E-state index contributed by atoms with van der Waals surface area (Å²) in [5.74, 6) is 0.753. The molecular formula is C12H13F2N3O2. The van der Waals surface area contributed by atoms with Gasteiger partial charge in [0.05, 0.1) is 13.0 Å². The molecule has 0 aliphatic carbocycles. The number of halogens is 2. The van der Waals surface area contributed by atoms with E-state index in [0.717, 1.165) is 5.56 Å². The molecule has 0 bridgehead atoms. The van der Waals surface area contributed by atoms with Crippen LogP contribution in [0.15, 0.2) is 28.8 Å². The molecule has 0 amide bonds. The van der Waals surface area contributed by atoms with Crippen molar-refractivity contribution in [1.29, 1.82) is 0 Å². The maximum Gasteiger partial charge on any atom is 0.261 e. The van der Waals surface area contributed by atoms with Crippen molar-refractivity contribution in [2.75, 3.05) is 18.9 Å². The van der Waals surface area contributed by atoms with Crippen molar-refractivity contribution >= 4 is 5.69 Å². The highest BCUT2D eigenvalue weighted by atomic mass is 19.3. The summed E-state index contributed by atoms with van der Waals surface area (Å²) in [6, 6.07) is 7.06. The molecule has 0 saturated carbocycles. The van der Waals surface area contributed by atoms with Gasteiger partial charge in [-0.15, -0.1) is 0 Å². The Morgan fingerprint density at radius 2 is 2.21 bits per heavy atom. The van der Waals surface area contributed by atoms with Gasteiger partial charge in [0.15, 0.2) is 0 Å². The van der Waals surface area contributed by atoms with Gasteiger partial charge in [-0.3, -0.25) is 0 Å². The Hall–Kier alpha value is -2.02. The zero-order valence-electron chi connectivity index (χ0n) is 10.1.